The average Bonchev–Trinajstić information content (AvgIpc) is 3.07. The molecule has 7 nitrogen and oxygen atoms in total. The first-order valence-corrected chi connectivity index (χ1v) is 9.19. The maximum atomic E-state index is 5.12. The predicted octanol–water partition coefficient (Wildman–Crippen LogP) is 2.28. The molecule has 0 fully saturated rings. The highest BCUT2D eigenvalue weighted by molar-refractivity contribution is 14.0. The number of aromatic nitrogens is 3. The lowest BCUT2D eigenvalue weighted by atomic mass is 10.1. The van der Waals surface area contributed by atoms with Crippen molar-refractivity contribution in [3.8, 4) is 0 Å². The van der Waals surface area contributed by atoms with Gasteiger partial charge in [0.1, 0.15) is 12.4 Å². The molecule has 0 saturated heterocycles. The fourth-order valence-electron chi connectivity index (χ4n) is 3.31. The number of methoxy groups -OCH3 is 1. The summed E-state index contributed by atoms with van der Waals surface area (Å²) in [6.07, 6.45) is 2.95. The Morgan fingerprint density at radius 1 is 1.33 bits per heavy atom. The van der Waals surface area contributed by atoms with E-state index >= 15 is 0 Å². The van der Waals surface area contributed by atoms with Gasteiger partial charge in [-0.15, -0.1) is 24.0 Å². The number of ether oxygens (including phenoxy) is 1. The molecule has 1 atom stereocenters. The van der Waals surface area contributed by atoms with E-state index in [4.69, 9.17) is 4.74 Å². The summed E-state index contributed by atoms with van der Waals surface area (Å²) in [5.41, 5.74) is 2.68. The van der Waals surface area contributed by atoms with Crippen molar-refractivity contribution < 1.29 is 4.74 Å². The Morgan fingerprint density at radius 3 is 2.81 bits per heavy atom. The number of guanidine groups is 1. The van der Waals surface area contributed by atoms with Gasteiger partial charge < -0.3 is 15.4 Å². The highest BCUT2D eigenvalue weighted by Gasteiger charge is 2.22. The molecular formula is C19H29IN6O. The Hall–Kier alpha value is -1.68. The molecule has 0 aliphatic carbocycles. The summed E-state index contributed by atoms with van der Waals surface area (Å²) in [5, 5.41) is 11.5. The predicted molar refractivity (Wildman–Crippen MR) is 117 cm³/mol. The molecule has 0 spiro atoms. The van der Waals surface area contributed by atoms with Crippen LogP contribution in [0.1, 0.15) is 36.1 Å². The first kappa shape index (κ1) is 21.6. The Morgan fingerprint density at radius 2 is 2.11 bits per heavy atom. The monoisotopic (exact) mass is 484 g/mol. The Balaban J connectivity index is 0.00000261. The number of benzene rings is 1. The molecule has 0 radical (unpaired) electrons. The maximum Gasteiger partial charge on any atom is 0.191 e. The molecule has 27 heavy (non-hydrogen) atoms. The van der Waals surface area contributed by atoms with Crippen LogP contribution in [-0.2, 0) is 37.3 Å². The van der Waals surface area contributed by atoms with Crippen LogP contribution in [-0.4, -0.2) is 40.9 Å². The van der Waals surface area contributed by atoms with Crippen LogP contribution in [0.5, 0.6) is 0 Å². The van der Waals surface area contributed by atoms with Crippen LogP contribution >= 0.6 is 24.0 Å². The van der Waals surface area contributed by atoms with E-state index in [1.165, 1.54) is 11.1 Å². The molecule has 0 bridgehead atoms. The molecule has 0 saturated carbocycles. The second-order valence-corrected chi connectivity index (χ2v) is 6.49. The van der Waals surface area contributed by atoms with Crippen LogP contribution < -0.4 is 10.6 Å². The van der Waals surface area contributed by atoms with Gasteiger partial charge in [-0.2, -0.15) is 5.10 Å². The van der Waals surface area contributed by atoms with Gasteiger partial charge >= 0.3 is 0 Å². The van der Waals surface area contributed by atoms with Crippen molar-refractivity contribution in [1.29, 1.82) is 0 Å². The van der Waals surface area contributed by atoms with E-state index in [-0.39, 0.29) is 30.0 Å². The van der Waals surface area contributed by atoms with Gasteiger partial charge in [-0.25, -0.2) is 9.67 Å². The second kappa shape index (κ2) is 10.6. The summed E-state index contributed by atoms with van der Waals surface area (Å²) in [4.78, 5) is 8.90. The molecule has 2 heterocycles. The van der Waals surface area contributed by atoms with Gasteiger partial charge in [-0.05, 0) is 24.0 Å². The zero-order valence-corrected chi connectivity index (χ0v) is 18.6. The SMILES string of the molecule is CCc1ccccc1CNC(=NC)NC1CCc2nc(COC)nn2C1.I. The minimum absolute atomic E-state index is 0. The quantitative estimate of drug-likeness (QED) is 0.374. The number of hydrogen-bond acceptors (Lipinski definition) is 4. The summed E-state index contributed by atoms with van der Waals surface area (Å²) in [6, 6.07) is 8.80. The van der Waals surface area contributed by atoms with Gasteiger partial charge in [0.05, 0.1) is 6.54 Å². The molecule has 8 heteroatoms. The summed E-state index contributed by atoms with van der Waals surface area (Å²) in [6.45, 7) is 4.20. The van der Waals surface area contributed by atoms with Gasteiger partial charge in [0.15, 0.2) is 11.8 Å². The molecule has 1 aliphatic heterocycles. The first-order valence-electron chi connectivity index (χ1n) is 9.19. The molecule has 2 aromatic rings. The Labute approximate surface area is 178 Å². The van der Waals surface area contributed by atoms with Crippen LogP contribution in [0.3, 0.4) is 0 Å². The lowest BCUT2D eigenvalue weighted by Gasteiger charge is -2.25. The van der Waals surface area contributed by atoms with Gasteiger partial charge in [0.2, 0.25) is 0 Å². The van der Waals surface area contributed by atoms with Crippen LogP contribution in [0.4, 0.5) is 0 Å². The summed E-state index contributed by atoms with van der Waals surface area (Å²) < 4.78 is 7.11. The van der Waals surface area contributed by atoms with Crippen LogP contribution in [0.25, 0.3) is 0 Å². The van der Waals surface area contributed by atoms with Crippen molar-refractivity contribution in [3.05, 3.63) is 47.0 Å². The van der Waals surface area contributed by atoms with Crippen LogP contribution in [0.2, 0.25) is 0 Å². The number of rotatable bonds is 6. The van der Waals surface area contributed by atoms with Crippen molar-refractivity contribution >= 4 is 29.9 Å². The number of hydrogen-bond donors (Lipinski definition) is 2. The topological polar surface area (TPSA) is 76.4 Å². The minimum Gasteiger partial charge on any atom is -0.377 e. The second-order valence-electron chi connectivity index (χ2n) is 6.49. The van der Waals surface area contributed by atoms with Crippen LogP contribution in [0, 0.1) is 0 Å². The normalized spacial score (nSPS) is 16.4. The number of aryl methyl sites for hydroxylation is 2. The minimum atomic E-state index is 0. The third-order valence-corrected chi connectivity index (χ3v) is 4.69. The van der Waals surface area contributed by atoms with Gasteiger partial charge in [0, 0.05) is 33.2 Å². The number of nitrogens with one attached hydrogen (secondary N) is 2. The lowest BCUT2D eigenvalue weighted by molar-refractivity contribution is 0.177. The molecule has 1 aromatic carbocycles. The molecule has 1 aromatic heterocycles. The molecule has 1 unspecified atom stereocenters. The molecule has 0 amide bonds. The number of aliphatic imine (C=N–C) groups is 1. The van der Waals surface area contributed by atoms with Crippen molar-refractivity contribution in [2.75, 3.05) is 14.2 Å². The summed E-state index contributed by atoms with van der Waals surface area (Å²) in [7, 11) is 3.47. The van der Waals surface area contributed by atoms with E-state index in [1.54, 1.807) is 7.11 Å². The van der Waals surface area contributed by atoms with Crippen molar-refractivity contribution in [1.82, 2.24) is 25.4 Å². The van der Waals surface area contributed by atoms with Gasteiger partial charge in [0.25, 0.3) is 0 Å². The highest BCUT2D eigenvalue weighted by Crippen LogP contribution is 2.14. The third-order valence-electron chi connectivity index (χ3n) is 4.69. The zero-order valence-electron chi connectivity index (χ0n) is 16.2. The standard InChI is InChI=1S/C19H28N6O.HI/c1-4-14-7-5-6-8-15(14)11-21-19(20-2)22-16-9-10-18-23-17(13-26-3)24-25(18)12-16;/h5-8,16H,4,9-13H2,1-3H3,(H2,20,21,22);1H. The number of nitrogens with zero attached hydrogens (tertiary/aromatic N) is 4. The number of halogens is 1. The molecule has 1 aliphatic rings. The fraction of sp³-hybridized carbons (Fsp3) is 0.526. The summed E-state index contributed by atoms with van der Waals surface area (Å²) in [5.74, 6) is 2.61. The van der Waals surface area contributed by atoms with E-state index in [1.807, 2.05) is 11.7 Å². The first-order chi connectivity index (χ1) is 12.7. The molecular weight excluding hydrogens is 455 g/mol. The lowest BCUT2D eigenvalue weighted by Crippen LogP contribution is -2.46. The molecule has 3 rings (SSSR count). The van der Waals surface area contributed by atoms with Crippen molar-refractivity contribution in [2.24, 2.45) is 4.99 Å². The Kier molecular flexibility index (Phi) is 8.49. The van der Waals surface area contributed by atoms with E-state index < -0.39 is 0 Å². The highest BCUT2D eigenvalue weighted by atomic mass is 127. The van der Waals surface area contributed by atoms with E-state index in [9.17, 15) is 0 Å². The van der Waals surface area contributed by atoms with Gasteiger partial charge in [-0.1, -0.05) is 31.2 Å². The van der Waals surface area contributed by atoms with Crippen molar-refractivity contribution in [2.45, 2.75) is 51.9 Å². The fourth-order valence-corrected chi connectivity index (χ4v) is 3.31. The van der Waals surface area contributed by atoms with Gasteiger partial charge in [-0.3, -0.25) is 4.99 Å². The molecule has 2 N–H and O–H groups in total. The molecule has 148 valence electrons. The Bertz CT molecular complexity index is 760. The van der Waals surface area contributed by atoms with E-state index in [0.717, 1.165) is 50.0 Å². The van der Waals surface area contributed by atoms with Crippen molar-refractivity contribution in [3.63, 3.8) is 0 Å². The maximum absolute atomic E-state index is 5.12. The van der Waals surface area contributed by atoms with E-state index in [0.29, 0.717) is 6.61 Å². The van der Waals surface area contributed by atoms with Crippen LogP contribution in [0.15, 0.2) is 29.3 Å². The zero-order chi connectivity index (χ0) is 18.4. The largest absolute Gasteiger partial charge is 0.377 e. The summed E-state index contributed by atoms with van der Waals surface area (Å²) >= 11 is 0. The third kappa shape index (κ3) is 5.65. The average molecular weight is 484 g/mol. The smallest absolute Gasteiger partial charge is 0.191 e. The number of fused-ring (bicyclic) bond motifs is 1. The van der Waals surface area contributed by atoms with E-state index in [2.05, 4.69) is 56.9 Å².